The normalized spacial score (nSPS) is 11.8. The van der Waals surface area contributed by atoms with E-state index in [1.807, 2.05) is 37.3 Å². The molecule has 21 heavy (non-hydrogen) atoms. The Bertz CT molecular complexity index is 638. The number of para-hydroxylation sites is 2. The summed E-state index contributed by atoms with van der Waals surface area (Å²) in [6.07, 6.45) is 0. The van der Waals surface area contributed by atoms with Crippen LogP contribution in [-0.4, -0.2) is 30.0 Å². The molecule has 0 bridgehead atoms. The van der Waals surface area contributed by atoms with Crippen molar-refractivity contribution in [3.63, 3.8) is 0 Å². The summed E-state index contributed by atoms with van der Waals surface area (Å²) in [6.45, 7) is 1.95. The van der Waals surface area contributed by atoms with Gasteiger partial charge in [-0.2, -0.15) is 0 Å². The van der Waals surface area contributed by atoms with Gasteiger partial charge in [0.05, 0.1) is 11.6 Å². The summed E-state index contributed by atoms with van der Waals surface area (Å²) in [4.78, 5) is 13.7. The van der Waals surface area contributed by atoms with Crippen molar-refractivity contribution < 1.29 is 9.90 Å². The molecule has 0 heterocycles. The lowest BCUT2D eigenvalue weighted by Crippen LogP contribution is -2.23. The number of hydrogen-bond acceptors (Lipinski definition) is 3. The van der Waals surface area contributed by atoms with Crippen molar-refractivity contribution in [1.82, 2.24) is 4.90 Å². The van der Waals surface area contributed by atoms with E-state index in [-0.39, 0.29) is 17.7 Å². The molecule has 0 radical (unpaired) electrons. The third-order valence-electron chi connectivity index (χ3n) is 3.34. The molecule has 2 aromatic carbocycles. The van der Waals surface area contributed by atoms with Crippen molar-refractivity contribution in [2.45, 2.75) is 13.0 Å². The lowest BCUT2D eigenvalue weighted by molar-refractivity contribution is 0.0828. The van der Waals surface area contributed by atoms with Crippen LogP contribution < -0.4 is 5.32 Å². The van der Waals surface area contributed by atoms with Crippen LogP contribution in [0.15, 0.2) is 48.5 Å². The Balaban J connectivity index is 2.28. The molecule has 1 amide bonds. The number of aromatic hydroxyl groups is 1. The predicted octanol–water partition coefficient (Wildman–Crippen LogP) is 3.27. The number of nitrogens with one attached hydrogen (secondary N) is 1. The van der Waals surface area contributed by atoms with Gasteiger partial charge in [-0.3, -0.25) is 4.79 Å². The average molecular weight is 284 g/mol. The summed E-state index contributed by atoms with van der Waals surface area (Å²) in [5.74, 6) is 0.191. The van der Waals surface area contributed by atoms with E-state index in [9.17, 15) is 9.90 Å². The molecule has 0 aliphatic carbocycles. The van der Waals surface area contributed by atoms with E-state index >= 15 is 0 Å². The van der Waals surface area contributed by atoms with Crippen LogP contribution in [0.5, 0.6) is 5.75 Å². The van der Waals surface area contributed by atoms with Crippen molar-refractivity contribution in [3.05, 3.63) is 59.7 Å². The van der Waals surface area contributed by atoms with E-state index in [2.05, 4.69) is 5.32 Å². The highest BCUT2D eigenvalue weighted by Crippen LogP contribution is 2.28. The van der Waals surface area contributed by atoms with E-state index in [1.54, 1.807) is 37.2 Å². The number of rotatable bonds is 4. The summed E-state index contributed by atoms with van der Waals surface area (Å²) in [5.41, 5.74) is 2.17. The Labute approximate surface area is 125 Å². The third-order valence-corrected chi connectivity index (χ3v) is 3.34. The van der Waals surface area contributed by atoms with Gasteiger partial charge in [-0.05, 0) is 25.1 Å². The summed E-state index contributed by atoms with van der Waals surface area (Å²) >= 11 is 0. The first-order chi connectivity index (χ1) is 10.0. The van der Waals surface area contributed by atoms with E-state index in [0.717, 1.165) is 11.3 Å². The Hall–Kier alpha value is -2.49. The maximum atomic E-state index is 12.2. The summed E-state index contributed by atoms with van der Waals surface area (Å²) < 4.78 is 0. The van der Waals surface area contributed by atoms with Gasteiger partial charge < -0.3 is 15.3 Å². The first-order valence-corrected chi connectivity index (χ1v) is 6.86. The maximum absolute atomic E-state index is 12.2. The zero-order chi connectivity index (χ0) is 15.4. The summed E-state index contributed by atoms with van der Waals surface area (Å²) in [7, 11) is 3.46. The molecule has 0 aromatic heterocycles. The largest absolute Gasteiger partial charge is 0.508 e. The van der Waals surface area contributed by atoms with Gasteiger partial charge in [-0.15, -0.1) is 0 Å². The monoisotopic (exact) mass is 284 g/mol. The number of nitrogens with zero attached hydrogens (tertiary/aromatic N) is 1. The minimum absolute atomic E-state index is 0.0532. The first kappa shape index (κ1) is 14.9. The minimum atomic E-state index is -0.109. The quantitative estimate of drug-likeness (QED) is 0.906. The Morgan fingerprint density at radius 2 is 1.71 bits per heavy atom. The molecule has 0 saturated carbocycles. The van der Waals surface area contributed by atoms with Crippen LogP contribution in [0.2, 0.25) is 0 Å². The van der Waals surface area contributed by atoms with Crippen LogP contribution in [-0.2, 0) is 0 Å². The summed E-state index contributed by atoms with van der Waals surface area (Å²) in [5, 5.41) is 13.2. The number of phenols is 1. The number of phenolic OH excluding ortho intramolecular Hbond substituents is 1. The van der Waals surface area contributed by atoms with Gasteiger partial charge in [0, 0.05) is 25.3 Å². The topological polar surface area (TPSA) is 52.6 Å². The molecule has 2 N–H and O–H groups in total. The molecule has 2 rings (SSSR count). The molecule has 0 fully saturated rings. The number of carbonyl (C=O) groups is 1. The molecule has 1 unspecified atom stereocenters. The van der Waals surface area contributed by atoms with Crippen molar-refractivity contribution in [2.24, 2.45) is 0 Å². The zero-order valence-corrected chi connectivity index (χ0v) is 12.5. The lowest BCUT2D eigenvalue weighted by atomic mass is 10.1. The van der Waals surface area contributed by atoms with Crippen LogP contribution in [0.25, 0.3) is 0 Å². The van der Waals surface area contributed by atoms with Gasteiger partial charge in [0.1, 0.15) is 5.75 Å². The van der Waals surface area contributed by atoms with E-state index < -0.39 is 0 Å². The molecule has 0 aliphatic heterocycles. The molecule has 2 aromatic rings. The number of amides is 1. The molecule has 0 aliphatic rings. The van der Waals surface area contributed by atoms with Crippen molar-refractivity contribution in [1.29, 1.82) is 0 Å². The maximum Gasteiger partial charge on any atom is 0.255 e. The van der Waals surface area contributed by atoms with Crippen LogP contribution in [0, 0.1) is 0 Å². The van der Waals surface area contributed by atoms with Crippen molar-refractivity contribution in [2.75, 3.05) is 19.4 Å². The van der Waals surface area contributed by atoms with Gasteiger partial charge in [0.25, 0.3) is 5.91 Å². The SMILES string of the molecule is CC(Nc1ccccc1C(=O)N(C)C)c1ccccc1O. The van der Waals surface area contributed by atoms with Gasteiger partial charge in [-0.1, -0.05) is 30.3 Å². The Kier molecular flexibility index (Phi) is 4.48. The van der Waals surface area contributed by atoms with Crippen LogP contribution in [0.4, 0.5) is 5.69 Å². The fourth-order valence-electron chi connectivity index (χ4n) is 2.20. The minimum Gasteiger partial charge on any atom is -0.508 e. The van der Waals surface area contributed by atoms with Crippen LogP contribution in [0.1, 0.15) is 28.9 Å². The summed E-state index contributed by atoms with van der Waals surface area (Å²) in [6, 6.07) is 14.5. The number of anilines is 1. The fourth-order valence-corrected chi connectivity index (χ4v) is 2.20. The molecule has 110 valence electrons. The van der Waals surface area contributed by atoms with E-state index in [0.29, 0.717) is 5.56 Å². The standard InChI is InChI=1S/C17H20N2O2/c1-12(13-8-5-7-11-16(13)20)18-15-10-6-4-9-14(15)17(21)19(2)3/h4-12,18,20H,1-3H3. The average Bonchev–Trinajstić information content (AvgIpc) is 2.47. The smallest absolute Gasteiger partial charge is 0.255 e. The molecule has 0 spiro atoms. The lowest BCUT2D eigenvalue weighted by Gasteiger charge is -2.20. The first-order valence-electron chi connectivity index (χ1n) is 6.86. The van der Waals surface area contributed by atoms with Gasteiger partial charge >= 0.3 is 0 Å². The van der Waals surface area contributed by atoms with Crippen LogP contribution >= 0.6 is 0 Å². The molecular formula is C17H20N2O2. The van der Waals surface area contributed by atoms with Gasteiger partial charge in [0.15, 0.2) is 0 Å². The van der Waals surface area contributed by atoms with E-state index in [1.165, 1.54) is 0 Å². The van der Waals surface area contributed by atoms with Crippen LogP contribution in [0.3, 0.4) is 0 Å². The van der Waals surface area contributed by atoms with Crippen molar-refractivity contribution in [3.8, 4) is 5.75 Å². The Morgan fingerprint density at radius 3 is 2.38 bits per heavy atom. The Morgan fingerprint density at radius 1 is 1.10 bits per heavy atom. The molecule has 0 saturated heterocycles. The highest BCUT2D eigenvalue weighted by molar-refractivity contribution is 5.99. The molecular weight excluding hydrogens is 264 g/mol. The van der Waals surface area contributed by atoms with Gasteiger partial charge in [-0.25, -0.2) is 0 Å². The molecule has 1 atom stereocenters. The van der Waals surface area contributed by atoms with E-state index in [4.69, 9.17) is 0 Å². The third kappa shape index (κ3) is 3.34. The second-order valence-corrected chi connectivity index (χ2v) is 5.17. The molecule has 4 nitrogen and oxygen atoms in total. The highest BCUT2D eigenvalue weighted by atomic mass is 16.3. The number of hydrogen-bond donors (Lipinski definition) is 2. The molecule has 4 heteroatoms. The number of carbonyl (C=O) groups excluding carboxylic acids is 1. The highest BCUT2D eigenvalue weighted by Gasteiger charge is 2.16. The zero-order valence-electron chi connectivity index (χ0n) is 12.5. The van der Waals surface area contributed by atoms with Crippen molar-refractivity contribution >= 4 is 11.6 Å². The second kappa shape index (κ2) is 6.31. The fraction of sp³-hybridized carbons (Fsp3) is 0.235. The second-order valence-electron chi connectivity index (χ2n) is 5.17. The predicted molar refractivity (Wildman–Crippen MR) is 84.6 cm³/mol. The number of benzene rings is 2. The van der Waals surface area contributed by atoms with Gasteiger partial charge in [0.2, 0.25) is 0 Å².